The summed E-state index contributed by atoms with van der Waals surface area (Å²) < 4.78 is 1.75. The fourth-order valence-corrected chi connectivity index (χ4v) is 3.07. The standard InChI is InChI=1S/C24H23N5O/c30-15-5-10-23-18-29(28-27-23)24-11-4-9-22(17-24)26-21-8-3-6-19(16-21)12-13-20-7-1-2-14-25-20/h1-4,6-9,11-14,16-18,26,30H,5,10,15H2/b13-12+. The Labute approximate surface area is 175 Å². The van der Waals surface area contributed by atoms with Crippen molar-refractivity contribution in [3.05, 3.63) is 96.1 Å². The quantitative estimate of drug-likeness (QED) is 0.458. The fourth-order valence-electron chi connectivity index (χ4n) is 3.07. The van der Waals surface area contributed by atoms with Crippen molar-refractivity contribution < 1.29 is 5.11 Å². The Morgan fingerprint density at radius 2 is 1.80 bits per heavy atom. The van der Waals surface area contributed by atoms with Gasteiger partial charge < -0.3 is 10.4 Å². The zero-order chi connectivity index (χ0) is 20.6. The summed E-state index contributed by atoms with van der Waals surface area (Å²) in [6.07, 6.45) is 9.14. The van der Waals surface area contributed by atoms with Crippen molar-refractivity contribution in [1.29, 1.82) is 0 Å². The molecule has 2 heterocycles. The minimum atomic E-state index is 0.155. The molecular formula is C24H23N5O. The molecule has 0 unspecified atom stereocenters. The molecule has 0 fully saturated rings. The smallest absolute Gasteiger partial charge is 0.0832 e. The largest absolute Gasteiger partial charge is 0.396 e. The monoisotopic (exact) mass is 397 g/mol. The highest BCUT2D eigenvalue weighted by molar-refractivity contribution is 5.71. The van der Waals surface area contributed by atoms with E-state index < -0.39 is 0 Å². The van der Waals surface area contributed by atoms with Crippen LogP contribution in [0.1, 0.15) is 23.4 Å². The minimum absolute atomic E-state index is 0.155. The van der Waals surface area contributed by atoms with Gasteiger partial charge in [-0.1, -0.05) is 35.6 Å². The van der Waals surface area contributed by atoms with E-state index in [0.29, 0.717) is 12.8 Å². The molecule has 4 aromatic rings. The van der Waals surface area contributed by atoms with Crippen LogP contribution < -0.4 is 5.32 Å². The normalized spacial score (nSPS) is 11.1. The number of anilines is 2. The molecule has 0 saturated heterocycles. The Morgan fingerprint density at radius 1 is 0.933 bits per heavy atom. The summed E-state index contributed by atoms with van der Waals surface area (Å²) in [4.78, 5) is 4.31. The van der Waals surface area contributed by atoms with E-state index in [1.165, 1.54) is 0 Å². The van der Waals surface area contributed by atoms with Crippen LogP contribution in [0, 0.1) is 0 Å². The van der Waals surface area contributed by atoms with Crippen molar-refractivity contribution in [3.8, 4) is 5.69 Å². The molecule has 6 heteroatoms. The molecule has 0 bridgehead atoms. The zero-order valence-electron chi connectivity index (χ0n) is 16.5. The topological polar surface area (TPSA) is 75.9 Å². The molecule has 0 amide bonds. The molecule has 2 aromatic carbocycles. The molecule has 4 rings (SSSR count). The Bertz CT molecular complexity index is 1120. The summed E-state index contributed by atoms with van der Waals surface area (Å²) in [7, 11) is 0. The number of pyridine rings is 1. The lowest BCUT2D eigenvalue weighted by molar-refractivity contribution is 0.288. The number of nitrogens with one attached hydrogen (secondary N) is 1. The molecule has 0 atom stereocenters. The summed E-state index contributed by atoms with van der Waals surface area (Å²) >= 11 is 0. The third-order valence-corrected chi connectivity index (χ3v) is 4.55. The SMILES string of the molecule is OCCCc1cn(-c2cccc(Nc3cccc(/C=C/c4ccccn4)c3)c2)nn1. The first kappa shape index (κ1) is 19.5. The van der Waals surface area contributed by atoms with E-state index in [1.54, 1.807) is 10.9 Å². The van der Waals surface area contributed by atoms with E-state index in [9.17, 15) is 0 Å². The van der Waals surface area contributed by atoms with Crippen LogP contribution in [0.5, 0.6) is 0 Å². The lowest BCUT2D eigenvalue weighted by Crippen LogP contribution is -1.97. The van der Waals surface area contributed by atoms with Crippen LogP contribution in [0.15, 0.2) is 79.1 Å². The summed E-state index contributed by atoms with van der Waals surface area (Å²) in [5.74, 6) is 0. The number of nitrogens with zero attached hydrogens (tertiary/aromatic N) is 4. The molecule has 0 aliphatic carbocycles. The maximum Gasteiger partial charge on any atom is 0.0832 e. The van der Waals surface area contributed by atoms with E-state index in [-0.39, 0.29) is 6.61 Å². The van der Waals surface area contributed by atoms with Crippen LogP contribution in [-0.2, 0) is 6.42 Å². The Hall–Kier alpha value is -3.77. The van der Waals surface area contributed by atoms with Gasteiger partial charge in [0, 0.05) is 24.2 Å². The molecule has 0 aliphatic heterocycles. The molecular weight excluding hydrogens is 374 g/mol. The van der Waals surface area contributed by atoms with Crippen LogP contribution in [0.25, 0.3) is 17.8 Å². The van der Waals surface area contributed by atoms with E-state index >= 15 is 0 Å². The number of aliphatic hydroxyl groups excluding tert-OH is 1. The highest BCUT2D eigenvalue weighted by atomic mass is 16.2. The highest BCUT2D eigenvalue weighted by Crippen LogP contribution is 2.21. The van der Waals surface area contributed by atoms with Crippen LogP contribution in [-0.4, -0.2) is 31.7 Å². The van der Waals surface area contributed by atoms with Gasteiger partial charge >= 0.3 is 0 Å². The number of hydrogen-bond donors (Lipinski definition) is 2. The van der Waals surface area contributed by atoms with E-state index in [4.69, 9.17) is 5.11 Å². The second-order valence-electron chi connectivity index (χ2n) is 6.87. The first-order chi connectivity index (χ1) is 14.8. The number of aliphatic hydroxyl groups is 1. The van der Waals surface area contributed by atoms with Crippen molar-refractivity contribution in [2.75, 3.05) is 11.9 Å². The van der Waals surface area contributed by atoms with Gasteiger partial charge in [-0.2, -0.15) is 0 Å². The Morgan fingerprint density at radius 3 is 2.63 bits per heavy atom. The average Bonchev–Trinajstić information content (AvgIpc) is 3.27. The van der Waals surface area contributed by atoms with E-state index in [1.807, 2.05) is 72.9 Å². The molecule has 0 saturated carbocycles. The van der Waals surface area contributed by atoms with Crippen molar-refractivity contribution in [2.45, 2.75) is 12.8 Å². The molecule has 30 heavy (non-hydrogen) atoms. The number of aryl methyl sites for hydroxylation is 1. The first-order valence-corrected chi connectivity index (χ1v) is 9.89. The highest BCUT2D eigenvalue weighted by Gasteiger charge is 2.04. The molecule has 0 aliphatic rings. The van der Waals surface area contributed by atoms with E-state index in [0.717, 1.165) is 34.0 Å². The fraction of sp³-hybridized carbons (Fsp3) is 0.125. The van der Waals surface area contributed by atoms with Crippen LogP contribution in [0.4, 0.5) is 11.4 Å². The van der Waals surface area contributed by atoms with Crippen LogP contribution in [0.3, 0.4) is 0 Å². The predicted molar refractivity (Wildman–Crippen MR) is 120 cm³/mol. The summed E-state index contributed by atoms with van der Waals surface area (Å²) in [5.41, 5.74) is 5.77. The van der Waals surface area contributed by atoms with Gasteiger partial charge in [0.25, 0.3) is 0 Å². The first-order valence-electron chi connectivity index (χ1n) is 9.89. The third kappa shape index (κ3) is 5.18. The summed E-state index contributed by atoms with van der Waals surface area (Å²) in [5, 5.41) is 20.8. The van der Waals surface area contributed by atoms with Gasteiger partial charge in [-0.25, -0.2) is 4.68 Å². The second kappa shape index (κ2) is 9.62. The van der Waals surface area contributed by atoms with E-state index in [2.05, 4.69) is 32.7 Å². The van der Waals surface area contributed by atoms with Crippen LogP contribution >= 0.6 is 0 Å². The van der Waals surface area contributed by atoms with Crippen molar-refractivity contribution in [3.63, 3.8) is 0 Å². The van der Waals surface area contributed by atoms with Gasteiger partial charge in [0.1, 0.15) is 0 Å². The number of aromatic nitrogens is 4. The lowest BCUT2D eigenvalue weighted by Gasteiger charge is -2.09. The maximum absolute atomic E-state index is 8.97. The molecule has 0 spiro atoms. The van der Waals surface area contributed by atoms with Gasteiger partial charge in [-0.3, -0.25) is 4.98 Å². The third-order valence-electron chi connectivity index (χ3n) is 4.55. The predicted octanol–water partition coefficient (Wildman–Crippen LogP) is 4.50. The van der Waals surface area contributed by atoms with Crippen molar-refractivity contribution >= 4 is 23.5 Å². The van der Waals surface area contributed by atoms with Crippen molar-refractivity contribution in [1.82, 2.24) is 20.0 Å². The molecule has 2 aromatic heterocycles. The molecule has 0 radical (unpaired) electrons. The van der Waals surface area contributed by atoms with Crippen molar-refractivity contribution in [2.24, 2.45) is 0 Å². The summed E-state index contributed by atoms with van der Waals surface area (Å²) in [6.45, 7) is 0.155. The van der Waals surface area contributed by atoms with Crippen LogP contribution in [0.2, 0.25) is 0 Å². The molecule has 150 valence electrons. The molecule has 6 nitrogen and oxygen atoms in total. The zero-order valence-corrected chi connectivity index (χ0v) is 16.5. The number of rotatable bonds is 8. The Balaban J connectivity index is 1.47. The number of hydrogen-bond acceptors (Lipinski definition) is 5. The maximum atomic E-state index is 8.97. The lowest BCUT2D eigenvalue weighted by atomic mass is 10.1. The van der Waals surface area contributed by atoms with Gasteiger partial charge in [-0.05, 0) is 66.9 Å². The number of benzene rings is 2. The summed E-state index contributed by atoms with van der Waals surface area (Å²) in [6, 6.07) is 22.1. The minimum Gasteiger partial charge on any atom is -0.396 e. The molecule has 2 N–H and O–H groups in total. The van der Waals surface area contributed by atoms with Gasteiger partial charge in [0.05, 0.1) is 23.3 Å². The van der Waals surface area contributed by atoms with Gasteiger partial charge in [0.2, 0.25) is 0 Å². The second-order valence-corrected chi connectivity index (χ2v) is 6.87. The average molecular weight is 397 g/mol. The van der Waals surface area contributed by atoms with Gasteiger partial charge in [-0.15, -0.1) is 5.10 Å². The van der Waals surface area contributed by atoms with Gasteiger partial charge in [0.15, 0.2) is 0 Å². The Kier molecular flexibility index (Phi) is 6.27.